The summed E-state index contributed by atoms with van der Waals surface area (Å²) in [5, 5.41) is 6.02. The molecule has 5 heteroatoms. The van der Waals surface area contributed by atoms with Gasteiger partial charge in [0.15, 0.2) is 0 Å². The van der Waals surface area contributed by atoms with Crippen molar-refractivity contribution in [1.82, 2.24) is 0 Å². The van der Waals surface area contributed by atoms with Crippen molar-refractivity contribution >= 4 is 29.2 Å². The number of benzene rings is 4. The molecule has 4 aromatic carbocycles. The second kappa shape index (κ2) is 13.3. The van der Waals surface area contributed by atoms with Gasteiger partial charge in [0, 0.05) is 0 Å². The number of aryl methyl sites for hydroxylation is 3. The van der Waals surface area contributed by atoms with Crippen LogP contribution in [0, 0.1) is 20.8 Å². The topological polar surface area (TPSA) is 0 Å². The number of halogens is 3. The summed E-state index contributed by atoms with van der Waals surface area (Å²) in [5.41, 5.74) is 6.67. The van der Waals surface area contributed by atoms with Gasteiger partial charge in [0.1, 0.15) is 0 Å². The van der Waals surface area contributed by atoms with Crippen LogP contribution in [0.5, 0.6) is 0 Å². The van der Waals surface area contributed by atoms with Crippen LogP contribution in [0.2, 0.25) is 0 Å². The predicted molar refractivity (Wildman–Crippen MR) is 144 cm³/mol. The molecule has 5 rings (SSSR count). The first kappa shape index (κ1) is 31.4. The minimum Gasteiger partial charge on any atom is -1.00 e. The van der Waals surface area contributed by atoms with E-state index in [0.717, 1.165) is 6.42 Å². The molecule has 0 heterocycles. The van der Waals surface area contributed by atoms with Gasteiger partial charge in [-0.2, -0.15) is 0 Å². The molecular weight excluding hydrogens is 567 g/mol. The maximum absolute atomic E-state index is 2.50. The molecule has 1 aliphatic carbocycles. The largest absolute Gasteiger partial charge is 1.00 e. The van der Waals surface area contributed by atoms with Crippen molar-refractivity contribution in [3.63, 3.8) is 0 Å². The van der Waals surface area contributed by atoms with Gasteiger partial charge >= 0.3 is 217 Å². The summed E-state index contributed by atoms with van der Waals surface area (Å²) in [6, 6.07) is 38.7. The first-order valence-electron chi connectivity index (χ1n) is 11.9. The molecule has 0 N–H and O–H groups in total. The van der Waals surface area contributed by atoms with Crippen LogP contribution in [0.4, 0.5) is 0 Å². The van der Waals surface area contributed by atoms with Crippen molar-refractivity contribution in [2.24, 2.45) is 0 Å². The summed E-state index contributed by atoms with van der Waals surface area (Å²) in [7, 11) is -2.50. The SMILES string of the molecule is Cc1cccc([Si](C2=[C]([Ti+3])C(c3ccccc3)=CC2)(c2cccc(C)c2)c2cccc(C)c2)c1.[Cl-].[Cl-].[Cl-]. The van der Waals surface area contributed by atoms with E-state index in [1.165, 1.54) is 47.3 Å². The van der Waals surface area contributed by atoms with Crippen LogP contribution in [-0.4, -0.2) is 8.07 Å². The fourth-order valence-corrected chi connectivity index (χ4v) is 12.2. The zero-order valence-electron chi connectivity index (χ0n) is 21.2. The molecule has 0 saturated carbocycles. The Bertz CT molecular complexity index is 1320. The average Bonchev–Trinajstić information content (AvgIpc) is 3.22. The van der Waals surface area contributed by atoms with Crippen molar-refractivity contribution in [2.45, 2.75) is 27.2 Å². The Morgan fingerprint density at radius 2 is 1.00 bits per heavy atom. The van der Waals surface area contributed by atoms with Gasteiger partial charge in [0.05, 0.1) is 0 Å². The van der Waals surface area contributed by atoms with Crippen molar-refractivity contribution in [2.75, 3.05) is 0 Å². The third-order valence-corrected chi connectivity index (χ3v) is 13.1. The number of allylic oxidation sites excluding steroid dienone is 4. The zero-order valence-corrected chi connectivity index (χ0v) is 26.1. The number of hydrogen-bond donors (Lipinski definition) is 0. The normalized spacial score (nSPS) is 12.7. The van der Waals surface area contributed by atoms with Crippen LogP contribution in [0.25, 0.3) is 5.57 Å². The molecule has 0 radical (unpaired) electrons. The van der Waals surface area contributed by atoms with E-state index in [9.17, 15) is 0 Å². The van der Waals surface area contributed by atoms with Gasteiger partial charge in [-0.05, 0) is 0 Å². The predicted octanol–water partition coefficient (Wildman–Crippen LogP) is -3.08. The van der Waals surface area contributed by atoms with Gasteiger partial charge < -0.3 is 37.2 Å². The molecule has 186 valence electrons. The summed E-state index contributed by atoms with van der Waals surface area (Å²) in [4.78, 5) is 0. The molecule has 0 aliphatic heterocycles. The van der Waals surface area contributed by atoms with E-state index in [4.69, 9.17) is 0 Å². The average molecular weight is 596 g/mol. The van der Waals surface area contributed by atoms with E-state index < -0.39 is 8.07 Å². The molecule has 0 fully saturated rings. The summed E-state index contributed by atoms with van der Waals surface area (Å²) >= 11 is 2.35. The van der Waals surface area contributed by atoms with Crippen molar-refractivity contribution in [1.29, 1.82) is 0 Å². The van der Waals surface area contributed by atoms with Gasteiger partial charge in [0.25, 0.3) is 0 Å². The van der Waals surface area contributed by atoms with E-state index in [1.54, 1.807) is 5.20 Å². The molecule has 0 unspecified atom stereocenters. The van der Waals surface area contributed by atoms with Crippen LogP contribution in [0.1, 0.15) is 28.7 Å². The molecule has 4 aromatic rings. The van der Waals surface area contributed by atoms with Gasteiger partial charge in [-0.15, -0.1) is 0 Å². The van der Waals surface area contributed by atoms with E-state index in [2.05, 4.69) is 150 Å². The maximum Gasteiger partial charge on any atom is -1.00 e. The standard InChI is InChI=1S/C32H29Si.3ClH.Ti/c1-24-10-7-15-29(20-24)33(30-16-8-11-25(2)21-30,31-17-9-12-26(3)22-31)32-19-18-28(23-32)27-13-5-4-6-14-27;;;;/h4-18,20-22H,19H2,1-3H3;3*1H;/q;;;;+3/p-3. The molecule has 37 heavy (non-hydrogen) atoms. The number of rotatable bonds is 5. The van der Waals surface area contributed by atoms with Crippen molar-refractivity contribution in [3.05, 3.63) is 141 Å². The minimum atomic E-state index is -2.50. The Morgan fingerprint density at radius 1 is 0.568 bits per heavy atom. The molecule has 0 bridgehead atoms. The summed E-state index contributed by atoms with van der Waals surface area (Å²) in [6.45, 7) is 6.66. The van der Waals surface area contributed by atoms with Crippen LogP contribution in [-0.2, 0) is 20.4 Å². The summed E-state index contributed by atoms with van der Waals surface area (Å²) in [5.74, 6) is 0. The van der Waals surface area contributed by atoms with Crippen molar-refractivity contribution < 1.29 is 57.7 Å². The third-order valence-electron chi connectivity index (χ3n) is 6.97. The van der Waals surface area contributed by atoms with Crippen LogP contribution in [0.3, 0.4) is 0 Å². The second-order valence-corrected chi connectivity index (χ2v) is 14.0. The van der Waals surface area contributed by atoms with Crippen LogP contribution < -0.4 is 52.8 Å². The Morgan fingerprint density at radius 3 is 1.41 bits per heavy atom. The van der Waals surface area contributed by atoms with Crippen molar-refractivity contribution in [3.8, 4) is 0 Å². The molecule has 0 saturated heterocycles. The molecule has 0 atom stereocenters. The maximum atomic E-state index is 2.46. The smallest absolute Gasteiger partial charge is 1.00 e. The number of hydrogen-bond acceptors (Lipinski definition) is 0. The zero-order chi connectivity index (χ0) is 23.7. The molecule has 0 spiro atoms. The summed E-state index contributed by atoms with van der Waals surface area (Å²) < 4.78 is 1.45. The molecule has 0 amide bonds. The molecule has 0 nitrogen and oxygen atoms in total. The Hall–Kier alpha value is -1.84. The van der Waals surface area contributed by atoms with Crippen LogP contribution >= 0.6 is 0 Å². The second-order valence-electron chi connectivity index (χ2n) is 9.40. The van der Waals surface area contributed by atoms with E-state index in [1.807, 2.05) is 0 Å². The monoisotopic (exact) mass is 594 g/mol. The van der Waals surface area contributed by atoms with Crippen LogP contribution in [0.15, 0.2) is 118 Å². The fraction of sp³-hybridized carbons (Fsp3) is 0.125. The van der Waals surface area contributed by atoms with E-state index in [-0.39, 0.29) is 37.2 Å². The van der Waals surface area contributed by atoms with E-state index in [0.29, 0.717) is 0 Å². The van der Waals surface area contributed by atoms with Gasteiger partial charge in [-0.25, -0.2) is 0 Å². The molecule has 1 aliphatic rings. The Labute approximate surface area is 253 Å². The fourth-order valence-electron chi connectivity index (χ4n) is 5.45. The van der Waals surface area contributed by atoms with Gasteiger partial charge in [-0.3, -0.25) is 0 Å². The minimum absolute atomic E-state index is 0. The Kier molecular flexibility index (Phi) is 11.3. The first-order chi connectivity index (χ1) is 16.5. The molecule has 0 aromatic heterocycles. The van der Waals surface area contributed by atoms with E-state index >= 15 is 0 Å². The third kappa shape index (κ3) is 5.93. The molecular formula is C32H29Cl3SiTi. The Balaban J connectivity index is 0.00000160. The quantitative estimate of drug-likeness (QED) is 0.170. The summed E-state index contributed by atoms with van der Waals surface area (Å²) in [6.07, 6.45) is 3.46. The first-order valence-corrected chi connectivity index (χ1v) is 14.7. The van der Waals surface area contributed by atoms with Gasteiger partial charge in [0.2, 0.25) is 0 Å². The van der Waals surface area contributed by atoms with Gasteiger partial charge in [-0.1, -0.05) is 0 Å².